The van der Waals surface area contributed by atoms with Crippen LogP contribution in [-0.4, -0.2) is 85.2 Å². The van der Waals surface area contributed by atoms with Crippen molar-refractivity contribution in [3.05, 3.63) is 11.8 Å². The molecule has 2 heterocycles. The van der Waals surface area contributed by atoms with Crippen LogP contribution in [0.2, 0.25) is 0 Å². The Morgan fingerprint density at radius 3 is 2.59 bits per heavy atom. The van der Waals surface area contributed by atoms with Gasteiger partial charge in [0, 0.05) is 31.4 Å². The van der Waals surface area contributed by atoms with Crippen LogP contribution >= 0.6 is 12.2 Å². The predicted molar refractivity (Wildman–Crippen MR) is 125 cm³/mol. The molecule has 2 N–H and O–H groups in total. The molecule has 0 spiro atoms. The number of hydrogen-bond donors (Lipinski definition) is 2. The minimum atomic E-state index is -4.50. The van der Waals surface area contributed by atoms with E-state index in [1.807, 2.05) is 11.8 Å². The molecule has 2 aliphatic rings. The second-order valence-electron chi connectivity index (χ2n) is 8.54. The van der Waals surface area contributed by atoms with Crippen molar-refractivity contribution in [2.75, 3.05) is 37.9 Å². The largest absolute Gasteiger partial charge is 0.480 e. The quantitative estimate of drug-likeness (QED) is 0.495. The molecule has 9 nitrogen and oxygen atoms in total. The standard InChI is InChI=1S/C20H30F3N5O4S2/c1-13-12-28(8-9-32-13)18(33)16-11-24-19(26-17(16)31-2)25-14-3-5-15(6-4-14)27-34(29,30)10-7-20(21,22)23/h11,13-15,27H,3-10,12H2,1-2H3,(H,24,25,26). The number of methoxy groups -OCH3 is 1. The Morgan fingerprint density at radius 2 is 1.97 bits per heavy atom. The first-order chi connectivity index (χ1) is 16.0. The zero-order chi connectivity index (χ0) is 24.9. The number of nitrogens with zero attached hydrogens (tertiary/aromatic N) is 3. The molecule has 1 aliphatic heterocycles. The molecule has 1 saturated carbocycles. The van der Waals surface area contributed by atoms with Gasteiger partial charge in [-0.2, -0.15) is 18.2 Å². The number of aromatic nitrogens is 2. The average Bonchev–Trinajstić information content (AvgIpc) is 2.78. The summed E-state index contributed by atoms with van der Waals surface area (Å²) in [5, 5.41) is 3.23. The van der Waals surface area contributed by atoms with E-state index in [9.17, 15) is 21.6 Å². The van der Waals surface area contributed by atoms with Gasteiger partial charge in [0.25, 0.3) is 0 Å². The van der Waals surface area contributed by atoms with Crippen LogP contribution in [-0.2, 0) is 14.8 Å². The molecule has 14 heteroatoms. The van der Waals surface area contributed by atoms with Crippen molar-refractivity contribution >= 4 is 33.2 Å². The molecule has 0 bridgehead atoms. The fourth-order valence-corrected chi connectivity index (χ4v) is 5.68. The van der Waals surface area contributed by atoms with Crippen molar-refractivity contribution in [2.24, 2.45) is 0 Å². The maximum absolute atomic E-state index is 12.3. The second kappa shape index (κ2) is 11.3. The maximum atomic E-state index is 12.3. The highest BCUT2D eigenvalue weighted by Gasteiger charge is 2.32. The van der Waals surface area contributed by atoms with Gasteiger partial charge in [-0.3, -0.25) is 0 Å². The Morgan fingerprint density at radius 1 is 1.29 bits per heavy atom. The third kappa shape index (κ3) is 7.89. The number of rotatable bonds is 8. The fourth-order valence-electron chi connectivity index (χ4n) is 4.01. The summed E-state index contributed by atoms with van der Waals surface area (Å²) < 4.78 is 74.2. The number of alkyl halides is 3. The van der Waals surface area contributed by atoms with Crippen LogP contribution in [0.5, 0.6) is 5.88 Å². The van der Waals surface area contributed by atoms with Crippen molar-refractivity contribution in [1.82, 2.24) is 19.6 Å². The lowest BCUT2D eigenvalue weighted by molar-refractivity contribution is -0.130. The number of anilines is 1. The third-order valence-corrected chi connectivity index (χ3v) is 7.68. The van der Waals surface area contributed by atoms with E-state index in [-0.39, 0.29) is 18.2 Å². The summed E-state index contributed by atoms with van der Waals surface area (Å²) in [6, 6.07) is -0.388. The molecule has 1 unspecified atom stereocenters. The van der Waals surface area contributed by atoms with Gasteiger partial charge in [0.15, 0.2) is 0 Å². The van der Waals surface area contributed by atoms with Crippen LogP contribution in [0.25, 0.3) is 0 Å². The normalized spacial score (nSPS) is 24.0. The molecule has 2 fully saturated rings. The molecule has 1 atom stereocenters. The zero-order valence-electron chi connectivity index (χ0n) is 19.1. The van der Waals surface area contributed by atoms with Gasteiger partial charge in [0.05, 0.1) is 37.6 Å². The van der Waals surface area contributed by atoms with E-state index in [1.165, 1.54) is 7.11 Å². The Kier molecular flexibility index (Phi) is 8.93. The zero-order valence-corrected chi connectivity index (χ0v) is 20.7. The molecule has 192 valence electrons. The fraction of sp³-hybridized carbons (Fsp3) is 0.750. The first kappa shape index (κ1) is 26.8. The van der Waals surface area contributed by atoms with Crippen LogP contribution in [0.3, 0.4) is 0 Å². The van der Waals surface area contributed by atoms with Crippen molar-refractivity contribution in [3.8, 4) is 5.88 Å². The Hall–Kier alpha value is -1.77. The van der Waals surface area contributed by atoms with Gasteiger partial charge in [-0.1, -0.05) is 12.2 Å². The van der Waals surface area contributed by atoms with E-state index in [2.05, 4.69) is 20.0 Å². The van der Waals surface area contributed by atoms with Crippen LogP contribution in [0.4, 0.5) is 19.1 Å². The lowest BCUT2D eigenvalue weighted by Crippen LogP contribution is -2.44. The lowest BCUT2D eigenvalue weighted by atomic mass is 9.92. The molecule has 0 radical (unpaired) electrons. The number of sulfonamides is 1. The molecule has 1 aromatic rings. The summed E-state index contributed by atoms with van der Waals surface area (Å²) in [6.07, 6.45) is -1.94. The van der Waals surface area contributed by atoms with E-state index < -0.39 is 28.4 Å². The van der Waals surface area contributed by atoms with E-state index in [1.54, 1.807) is 6.20 Å². The van der Waals surface area contributed by atoms with Gasteiger partial charge < -0.3 is 19.7 Å². The molecule has 0 aromatic carbocycles. The molecule has 1 aromatic heterocycles. The number of thiocarbonyl (C=S) groups is 1. The van der Waals surface area contributed by atoms with Crippen molar-refractivity contribution in [2.45, 2.75) is 63.4 Å². The third-order valence-electron chi connectivity index (χ3n) is 5.77. The molecule has 3 rings (SSSR count). The number of morpholine rings is 1. The minimum Gasteiger partial charge on any atom is -0.480 e. The first-order valence-corrected chi connectivity index (χ1v) is 13.2. The van der Waals surface area contributed by atoms with Gasteiger partial charge in [0.2, 0.25) is 21.9 Å². The minimum absolute atomic E-state index is 0.00136. The van der Waals surface area contributed by atoms with Gasteiger partial charge >= 0.3 is 6.18 Å². The Labute approximate surface area is 202 Å². The summed E-state index contributed by atoms with van der Waals surface area (Å²) in [4.78, 5) is 11.4. The molecular formula is C20H30F3N5O4S2. The van der Waals surface area contributed by atoms with Crippen LogP contribution in [0.1, 0.15) is 44.6 Å². The maximum Gasteiger partial charge on any atom is 0.390 e. The lowest BCUT2D eigenvalue weighted by Gasteiger charge is -2.33. The van der Waals surface area contributed by atoms with E-state index in [4.69, 9.17) is 21.7 Å². The summed E-state index contributed by atoms with van der Waals surface area (Å²) in [7, 11) is -2.47. The Bertz CT molecular complexity index is 956. The highest BCUT2D eigenvalue weighted by Crippen LogP contribution is 2.25. The monoisotopic (exact) mass is 525 g/mol. The van der Waals surface area contributed by atoms with E-state index in [0.29, 0.717) is 67.8 Å². The first-order valence-electron chi connectivity index (χ1n) is 11.1. The van der Waals surface area contributed by atoms with Gasteiger partial charge in [-0.15, -0.1) is 0 Å². The SMILES string of the molecule is COc1nc(NC2CCC(NS(=O)(=O)CCC(F)(F)F)CC2)ncc1C(=S)N1CCOC(C)C1. The second-order valence-corrected chi connectivity index (χ2v) is 10.8. The van der Waals surface area contributed by atoms with Crippen molar-refractivity contribution in [3.63, 3.8) is 0 Å². The number of nitrogens with one attached hydrogen (secondary N) is 2. The Balaban J connectivity index is 1.53. The molecule has 1 saturated heterocycles. The highest BCUT2D eigenvalue weighted by molar-refractivity contribution is 7.89. The average molecular weight is 526 g/mol. The highest BCUT2D eigenvalue weighted by atomic mass is 32.2. The number of ether oxygens (including phenoxy) is 2. The molecule has 34 heavy (non-hydrogen) atoms. The van der Waals surface area contributed by atoms with Crippen molar-refractivity contribution in [1.29, 1.82) is 0 Å². The van der Waals surface area contributed by atoms with Gasteiger partial charge in [0.1, 0.15) is 4.99 Å². The molecule has 1 aliphatic carbocycles. The number of halogens is 3. The summed E-state index contributed by atoms with van der Waals surface area (Å²) in [6.45, 7) is 3.92. The summed E-state index contributed by atoms with van der Waals surface area (Å²) in [5.74, 6) is -0.236. The molecular weight excluding hydrogens is 495 g/mol. The summed E-state index contributed by atoms with van der Waals surface area (Å²) >= 11 is 5.62. The molecule has 0 amide bonds. The van der Waals surface area contributed by atoms with Gasteiger partial charge in [-0.05, 0) is 32.6 Å². The predicted octanol–water partition coefficient (Wildman–Crippen LogP) is 2.48. The van der Waals surface area contributed by atoms with Crippen LogP contribution < -0.4 is 14.8 Å². The van der Waals surface area contributed by atoms with Crippen LogP contribution in [0.15, 0.2) is 6.20 Å². The smallest absolute Gasteiger partial charge is 0.390 e. The van der Waals surface area contributed by atoms with Gasteiger partial charge in [-0.25, -0.2) is 18.1 Å². The summed E-state index contributed by atoms with van der Waals surface area (Å²) in [5.41, 5.74) is 0.620. The van der Waals surface area contributed by atoms with Crippen molar-refractivity contribution < 1.29 is 31.1 Å². The van der Waals surface area contributed by atoms with E-state index >= 15 is 0 Å². The van der Waals surface area contributed by atoms with E-state index in [0.717, 1.165) is 0 Å². The number of hydrogen-bond acceptors (Lipinski definition) is 8. The van der Waals surface area contributed by atoms with Crippen LogP contribution in [0, 0.1) is 0 Å². The topological polar surface area (TPSA) is 106 Å².